The molecule has 0 radical (unpaired) electrons. The molecule has 0 bridgehead atoms. The van der Waals surface area contributed by atoms with Crippen molar-refractivity contribution in [3.05, 3.63) is 28.0 Å². The summed E-state index contributed by atoms with van der Waals surface area (Å²) in [4.78, 5) is 21.3. The number of nitriles is 1. The zero-order valence-corrected chi connectivity index (χ0v) is 9.39. The number of carbonyl (C=O) groups is 1. The van der Waals surface area contributed by atoms with Crippen molar-refractivity contribution < 1.29 is 14.1 Å². The first-order valence-corrected chi connectivity index (χ1v) is 4.90. The number of nitrogens with zero attached hydrogens (tertiary/aromatic N) is 2. The van der Waals surface area contributed by atoms with Gasteiger partial charge in [0, 0.05) is 0 Å². The molecule has 0 spiro atoms. The van der Waals surface area contributed by atoms with Crippen LogP contribution >= 0.6 is 0 Å². The van der Waals surface area contributed by atoms with Gasteiger partial charge >= 0.3 is 5.88 Å². The molecule has 0 saturated heterocycles. The first-order chi connectivity index (χ1) is 7.91. The van der Waals surface area contributed by atoms with E-state index >= 15 is 0 Å². The maximum atomic E-state index is 11.6. The van der Waals surface area contributed by atoms with Crippen molar-refractivity contribution in [2.24, 2.45) is 0 Å². The van der Waals surface area contributed by atoms with E-state index in [9.17, 15) is 14.9 Å². The molecular weight excluding hydrogens is 226 g/mol. The first-order valence-electron chi connectivity index (χ1n) is 4.90. The summed E-state index contributed by atoms with van der Waals surface area (Å²) >= 11 is 0. The molecule has 90 valence electrons. The van der Waals surface area contributed by atoms with Gasteiger partial charge < -0.3 is 9.73 Å². The van der Waals surface area contributed by atoms with Crippen LogP contribution in [0.25, 0.3) is 0 Å². The van der Waals surface area contributed by atoms with Gasteiger partial charge in [0.1, 0.15) is 10.5 Å². The third-order valence-corrected chi connectivity index (χ3v) is 2.34. The lowest BCUT2D eigenvalue weighted by Crippen LogP contribution is -2.44. The summed E-state index contributed by atoms with van der Waals surface area (Å²) in [7, 11) is 0. The normalized spacial score (nSPS) is 13.5. The van der Waals surface area contributed by atoms with Gasteiger partial charge in [-0.1, -0.05) is 6.92 Å². The number of nitro groups is 1. The van der Waals surface area contributed by atoms with Crippen molar-refractivity contribution in [2.75, 3.05) is 0 Å². The zero-order valence-electron chi connectivity index (χ0n) is 9.39. The van der Waals surface area contributed by atoms with E-state index in [2.05, 4.69) is 5.32 Å². The second-order valence-electron chi connectivity index (χ2n) is 3.65. The molecule has 1 heterocycles. The summed E-state index contributed by atoms with van der Waals surface area (Å²) < 4.78 is 4.72. The molecular formula is C10H11N3O4. The molecule has 0 aromatic carbocycles. The zero-order chi connectivity index (χ0) is 13.1. The maximum Gasteiger partial charge on any atom is 0.433 e. The summed E-state index contributed by atoms with van der Waals surface area (Å²) in [6.45, 7) is 3.30. The van der Waals surface area contributed by atoms with Crippen LogP contribution < -0.4 is 5.32 Å². The van der Waals surface area contributed by atoms with Crippen molar-refractivity contribution in [1.29, 1.82) is 5.26 Å². The Bertz CT molecular complexity index is 488. The molecule has 7 heteroatoms. The Morgan fingerprint density at radius 3 is 2.76 bits per heavy atom. The predicted octanol–water partition coefficient (Wildman–Crippen LogP) is 1.61. The number of carbonyl (C=O) groups excluding carboxylic acids is 1. The lowest BCUT2D eigenvalue weighted by molar-refractivity contribution is -0.402. The monoisotopic (exact) mass is 237 g/mol. The Hall–Kier alpha value is -2.36. The molecule has 1 aromatic heterocycles. The molecule has 1 atom stereocenters. The van der Waals surface area contributed by atoms with Gasteiger partial charge in [0.15, 0.2) is 5.76 Å². The standard InChI is InChI=1S/C10H11N3O4/c1-3-10(2,6-11)12-9(14)7-4-5-8(17-7)13(15)16/h4-5H,3H2,1-2H3,(H,12,14). The second kappa shape index (κ2) is 4.65. The average molecular weight is 237 g/mol. The lowest BCUT2D eigenvalue weighted by atomic mass is 10.0. The summed E-state index contributed by atoms with van der Waals surface area (Å²) in [6, 6.07) is 4.23. The van der Waals surface area contributed by atoms with Gasteiger partial charge in [0.25, 0.3) is 5.91 Å². The summed E-state index contributed by atoms with van der Waals surface area (Å²) in [5, 5.41) is 21.7. The molecule has 17 heavy (non-hydrogen) atoms. The van der Waals surface area contributed by atoms with E-state index in [1.807, 2.05) is 6.07 Å². The van der Waals surface area contributed by atoms with Crippen LogP contribution in [-0.2, 0) is 0 Å². The average Bonchev–Trinajstić information content (AvgIpc) is 2.78. The highest BCUT2D eigenvalue weighted by Gasteiger charge is 2.26. The van der Waals surface area contributed by atoms with Gasteiger partial charge in [-0.2, -0.15) is 5.26 Å². The van der Waals surface area contributed by atoms with Gasteiger partial charge in [-0.25, -0.2) is 0 Å². The van der Waals surface area contributed by atoms with Crippen molar-refractivity contribution >= 4 is 11.8 Å². The molecule has 1 aromatic rings. The van der Waals surface area contributed by atoms with Crippen molar-refractivity contribution in [3.63, 3.8) is 0 Å². The van der Waals surface area contributed by atoms with Crippen LogP contribution in [0.15, 0.2) is 16.5 Å². The Morgan fingerprint density at radius 2 is 2.35 bits per heavy atom. The van der Waals surface area contributed by atoms with Crippen molar-refractivity contribution in [2.45, 2.75) is 25.8 Å². The van der Waals surface area contributed by atoms with Crippen LogP contribution in [-0.4, -0.2) is 16.4 Å². The molecule has 1 N–H and O–H groups in total. The number of nitrogens with one attached hydrogen (secondary N) is 1. The number of amides is 1. The lowest BCUT2D eigenvalue weighted by Gasteiger charge is -2.20. The molecule has 1 rings (SSSR count). The van der Waals surface area contributed by atoms with E-state index in [0.29, 0.717) is 6.42 Å². The van der Waals surface area contributed by atoms with Gasteiger partial charge in [-0.15, -0.1) is 0 Å². The van der Waals surface area contributed by atoms with Gasteiger partial charge in [0.2, 0.25) is 0 Å². The molecule has 0 fully saturated rings. The van der Waals surface area contributed by atoms with Crippen LogP contribution in [0.2, 0.25) is 0 Å². The minimum atomic E-state index is -1.02. The van der Waals surface area contributed by atoms with E-state index in [1.54, 1.807) is 13.8 Å². The van der Waals surface area contributed by atoms with Gasteiger partial charge in [-0.05, 0) is 19.4 Å². The Kier molecular flexibility index (Phi) is 3.48. The number of rotatable bonds is 4. The molecule has 0 saturated carbocycles. The second-order valence-corrected chi connectivity index (χ2v) is 3.65. The molecule has 7 nitrogen and oxygen atoms in total. The van der Waals surface area contributed by atoms with E-state index in [4.69, 9.17) is 9.68 Å². The largest absolute Gasteiger partial charge is 0.433 e. The summed E-state index contributed by atoms with van der Waals surface area (Å²) in [6.07, 6.45) is 0.415. The SMILES string of the molecule is CCC(C)(C#N)NC(=O)c1ccc([N+](=O)[O-])o1. The minimum Gasteiger partial charge on any atom is -0.395 e. The first kappa shape index (κ1) is 12.7. The summed E-state index contributed by atoms with van der Waals surface area (Å²) in [5.74, 6) is -1.35. The number of furan rings is 1. The third kappa shape index (κ3) is 2.81. The molecule has 0 aliphatic heterocycles. The van der Waals surface area contributed by atoms with E-state index in [-0.39, 0.29) is 5.76 Å². The van der Waals surface area contributed by atoms with E-state index in [1.165, 1.54) is 6.07 Å². The van der Waals surface area contributed by atoms with Gasteiger partial charge in [0.05, 0.1) is 12.1 Å². The van der Waals surface area contributed by atoms with Crippen LogP contribution in [0.3, 0.4) is 0 Å². The maximum absolute atomic E-state index is 11.6. The predicted molar refractivity (Wildman–Crippen MR) is 57.1 cm³/mol. The molecule has 0 aliphatic carbocycles. The van der Waals surface area contributed by atoms with Gasteiger partial charge in [-0.3, -0.25) is 14.9 Å². The Balaban J connectivity index is 2.84. The van der Waals surface area contributed by atoms with Crippen molar-refractivity contribution in [3.8, 4) is 6.07 Å². The molecule has 0 aliphatic rings. The Labute approximate surface area is 97.2 Å². The highest BCUT2D eigenvalue weighted by Crippen LogP contribution is 2.17. The van der Waals surface area contributed by atoms with Crippen LogP contribution in [0.1, 0.15) is 30.8 Å². The minimum absolute atomic E-state index is 0.188. The quantitative estimate of drug-likeness (QED) is 0.631. The number of hydrogen-bond donors (Lipinski definition) is 1. The smallest absolute Gasteiger partial charge is 0.395 e. The molecule has 1 amide bonds. The van der Waals surface area contributed by atoms with Crippen LogP contribution in [0, 0.1) is 21.4 Å². The fourth-order valence-electron chi connectivity index (χ4n) is 1.06. The highest BCUT2D eigenvalue weighted by molar-refractivity contribution is 5.92. The number of hydrogen-bond acceptors (Lipinski definition) is 5. The fourth-order valence-corrected chi connectivity index (χ4v) is 1.06. The van der Waals surface area contributed by atoms with E-state index in [0.717, 1.165) is 6.07 Å². The topological polar surface area (TPSA) is 109 Å². The molecule has 1 unspecified atom stereocenters. The summed E-state index contributed by atoms with van der Waals surface area (Å²) in [5.41, 5.74) is -1.02. The van der Waals surface area contributed by atoms with Crippen molar-refractivity contribution in [1.82, 2.24) is 5.32 Å². The highest BCUT2D eigenvalue weighted by atomic mass is 16.6. The third-order valence-electron chi connectivity index (χ3n) is 2.34. The van der Waals surface area contributed by atoms with Crippen LogP contribution in [0.5, 0.6) is 0 Å². The fraction of sp³-hybridized carbons (Fsp3) is 0.400. The van der Waals surface area contributed by atoms with Crippen LogP contribution in [0.4, 0.5) is 5.88 Å². The van der Waals surface area contributed by atoms with E-state index < -0.39 is 22.3 Å². The Morgan fingerprint density at radius 1 is 1.71 bits per heavy atom.